The second-order valence-corrected chi connectivity index (χ2v) is 14.9. The van der Waals surface area contributed by atoms with Crippen molar-refractivity contribution >= 4 is 17.8 Å². The van der Waals surface area contributed by atoms with Gasteiger partial charge in [0.15, 0.2) is 17.7 Å². The summed E-state index contributed by atoms with van der Waals surface area (Å²) >= 11 is 0. The number of likely N-dealkylation sites (N-methyl/N-ethyl adjacent to an activating group) is 2. The Kier molecular flexibility index (Phi) is 14.3. The number of alkyl carbamates (subject to hydrolysis) is 1. The van der Waals surface area contributed by atoms with Crippen LogP contribution in [0.4, 0.5) is 4.79 Å². The molecule has 3 N–H and O–H groups in total. The molecule has 0 saturated carbocycles. The first-order chi connectivity index (χ1) is 22.5. The maximum absolute atomic E-state index is 14.2. The van der Waals surface area contributed by atoms with Crippen molar-refractivity contribution in [3.8, 4) is 0 Å². The predicted octanol–water partition coefficient (Wildman–Crippen LogP) is 2.57. The number of nitrogens with zero attached hydrogens (tertiary/aromatic N) is 2. The first-order valence-electron chi connectivity index (χ1n) is 17.9. The summed E-state index contributed by atoms with van der Waals surface area (Å²) < 4.78 is 31.2. The van der Waals surface area contributed by atoms with Gasteiger partial charge in [0.05, 0.1) is 23.9 Å². The average Bonchev–Trinajstić information content (AvgIpc) is 3.37. The Morgan fingerprint density at radius 2 is 1.69 bits per heavy atom. The number of rotatable bonds is 9. The number of fused-ring (bicyclic) bond motifs is 1. The third-order valence-corrected chi connectivity index (χ3v) is 11.1. The van der Waals surface area contributed by atoms with Crippen molar-refractivity contribution in [1.29, 1.82) is 0 Å². The molecule has 3 aliphatic heterocycles. The quantitative estimate of drug-likeness (QED) is 0.242. The third-order valence-electron chi connectivity index (χ3n) is 11.1. The highest BCUT2D eigenvalue weighted by Gasteiger charge is 2.55. The standard InChI is InChI=1S/C35H64N4O9/c1-13-26-35(9)29(37-33(43)48-35)23(7)36-18-20(4)17-34(8,44-12)30(21(5)27(40)22(6)31(42)46-26)47-32-28(41)25(38(10)11)16-24(45-32)19-39(14-2)15-3/h20-26,28-30,32,36,41H,13-19H2,1-12H3,(H,37,43)/t20-,21+,22?,23-,24+,25?,26-,28?,29-,30-,32+,34-,35-/m1/s1. The molecule has 0 aromatic rings. The fraction of sp³-hybridized carbons (Fsp3) is 0.914. The van der Waals surface area contributed by atoms with E-state index in [1.54, 1.807) is 21.0 Å². The van der Waals surface area contributed by atoms with E-state index in [1.807, 2.05) is 39.8 Å². The molecule has 0 aromatic heterocycles. The molecular weight excluding hydrogens is 620 g/mol. The van der Waals surface area contributed by atoms with Crippen molar-refractivity contribution < 1.29 is 43.2 Å². The molecule has 278 valence electrons. The van der Waals surface area contributed by atoms with Gasteiger partial charge < -0.3 is 49.2 Å². The number of esters is 1. The Morgan fingerprint density at radius 3 is 2.25 bits per heavy atom. The van der Waals surface area contributed by atoms with Crippen LogP contribution in [0, 0.1) is 17.8 Å². The van der Waals surface area contributed by atoms with Crippen molar-refractivity contribution in [2.75, 3.05) is 47.4 Å². The minimum Gasteiger partial charge on any atom is -0.458 e. The molecule has 13 heteroatoms. The maximum Gasteiger partial charge on any atom is 0.408 e. The third kappa shape index (κ3) is 8.88. The van der Waals surface area contributed by atoms with Crippen molar-refractivity contribution in [2.24, 2.45) is 17.8 Å². The number of carbonyl (C=O) groups is 3. The largest absolute Gasteiger partial charge is 0.458 e. The van der Waals surface area contributed by atoms with Gasteiger partial charge in [-0.2, -0.15) is 0 Å². The van der Waals surface area contributed by atoms with Gasteiger partial charge in [0.25, 0.3) is 0 Å². The lowest BCUT2D eigenvalue weighted by atomic mass is 9.78. The Balaban J connectivity index is 2.03. The number of methoxy groups -OCH3 is 1. The van der Waals surface area contributed by atoms with Crippen molar-refractivity contribution in [1.82, 2.24) is 20.4 Å². The first-order valence-corrected chi connectivity index (χ1v) is 17.9. The predicted molar refractivity (Wildman–Crippen MR) is 181 cm³/mol. The van der Waals surface area contributed by atoms with E-state index in [1.165, 1.54) is 6.92 Å². The van der Waals surface area contributed by atoms with Gasteiger partial charge >= 0.3 is 12.1 Å². The zero-order chi connectivity index (χ0) is 36.1. The van der Waals surface area contributed by atoms with Gasteiger partial charge in [-0.3, -0.25) is 9.59 Å². The van der Waals surface area contributed by atoms with Crippen LogP contribution in [0.5, 0.6) is 0 Å². The summed E-state index contributed by atoms with van der Waals surface area (Å²) in [5.41, 5.74) is -2.17. The Hall–Kier alpha value is -1.87. The maximum atomic E-state index is 14.2. The number of aliphatic hydroxyl groups is 1. The molecule has 3 rings (SSSR count). The molecule has 48 heavy (non-hydrogen) atoms. The van der Waals surface area contributed by atoms with E-state index in [-0.39, 0.29) is 29.9 Å². The summed E-state index contributed by atoms with van der Waals surface area (Å²) in [6, 6.07) is -0.967. The van der Waals surface area contributed by atoms with Crippen LogP contribution in [-0.4, -0.2) is 140 Å². The highest BCUT2D eigenvalue weighted by atomic mass is 16.7. The number of Topliss-reactive ketones (excluding diaryl/α,β-unsaturated/α-hetero) is 1. The molecule has 3 fully saturated rings. The molecular formula is C35H64N4O9. The van der Waals surface area contributed by atoms with Crippen LogP contribution in [0.2, 0.25) is 0 Å². The summed E-state index contributed by atoms with van der Waals surface area (Å²) in [5, 5.41) is 18.1. The Morgan fingerprint density at radius 1 is 1.04 bits per heavy atom. The average molecular weight is 685 g/mol. The molecule has 0 radical (unpaired) electrons. The lowest BCUT2D eigenvalue weighted by molar-refractivity contribution is -0.298. The number of hydrogen-bond acceptors (Lipinski definition) is 12. The lowest BCUT2D eigenvalue weighted by Gasteiger charge is -2.47. The molecule has 13 nitrogen and oxygen atoms in total. The number of nitrogens with one attached hydrogen (secondary N) is 2. The fourth-order valence-electron chi connectivity index (χ4n) is 7.91. The lowest BCUT2D eigenvalue weighted by Crippen LogP contribution is -2.60. The van der Waals surface area contributed by atoms with Crippen LogP contribution < -0.4 is 10.6 Å². The summed E-state index contributed by atoms with van der Waals surface area (Å²) in [5.74, 6) is -3.04. The molecule has 1 amide bonds. The number of hydrogen-bond donors (Lipinski definition) is 3. The van der Waals surface area contributed by atoms with Crippen LogP contribution >= 0.6 is 0 Å². The fourth-order valence-corrected chi connectivity index (χ4v) is 7.91. The van der Waals surface area contributed by atoms with E-state index >= 15 is 0 Å². The van der Waals surface area contributed by atoms with Crippen molar-refractivity contribution in [2.45, 2.75) is 142 Å². The summed E-state index contributed by atoms with van der Waals surface area (Å²) in [6.07, 6.45) is -3.01. The van der Waals surface area contributed by atoms with Gasteiger partial charge in [-0.15, -0.1) is 0 Å². The van der Waals surface area contributed by atoms with Crippen LogP contribution in [0.25, 0.3) is 0 Å². The minimum absolute atomic E-state index is 0.0274. The van der Waals surface area contributed by atoms with Crippen molar-refractivity contribution in [3.63, 3.8) is 0 Å². The first kappa shape index (κ1) is 40.6. The zero-order valence-electron chi connectivity index (χ0n) is 31.4. The smallest absolute Gasteiger partial charge is 0.408 e. The van der Waals surface area contributed by atoms with Gasteiger partial charge in [-0.1, -0.05) is 34.6 Å². The highest BCUT2D eigenvalue weighted by molar-refractivity contribution is 6.00. The molecule has 0 aromatic carbocycles. The van der Waals surface area contributed by atoms with E-state index in [0.29, 0.717) is 32.4 Å². The molecule has 0 bridgehead atoms. The summed E-state index contributed by atoms with van der Waals surface area (Å²) in [4.78, 5) is 44.6. The van der Waals surface area contributed by atoms with Crippen molar-refractivity contribution in [3.05, 3.63) is 0 Å². The minimum atomic E-state index is -1.16. The van der Waals surface area contributed by atoms with E-state index in [9.17, 15) is 19.5 Å². The molecule has 3 saturated heterocycles. The molecule has 3 aliphatic rings. The normalized spacial score (nSPS) is 42.1. The van der Waals surface area contributed by atoms with Gasteiger partial charge in [0.1, 0.15) is 18.1 Å². The van der Waals surface area contributed by atoms with Gasteiger partial charge in [0.2, 0.25) is 0 Å². The number of aliphatic hydroxyl groups excluding tert-OH is 1. The van der Waals surface area contributed by atoms with Crippen LogP contribution in [0.15, 0.2) is 0 Å². The molecule has 0 aliphatic carbocycles. The topological polar surface area (TPSA) is 148 Å². The molecule has 13 atom stereocenters. The highest BCUT2D eigenvalue weighted by Crippen LogP contribution is 2.37. The zero-order valence-corrected chi connectivity index (χ0v) is 31.4. The molecule has 0 spiro atoms. The Bertz CT molecular complexity index is 1090. The molecule has 3 unspecified atom stereocenters. The SMILES string of the molecule is CC[C@H]1OC(=O)C(C)C(=O)[C@H](C)[C@@H](O[C@@H]2O[C@H](CN(CC)CC)CC(N(C)C)C2O)[C@](C)(OC)C[C@@H](C)CN[C@H](C)[C@H]2NC(=O)O[C@@]21C. The number of ether oxygens (including phenoxy) is 5. The van der Waals surface area contributed by atoms with Crippen LogP contribution in [0.3, 0.4) is 0 Å². The number of ketones is 1. The van der Waals surface area contributed by atoms with E-state index in [4.69, 9.17) is 23.7 Å². The summed E-state index contributed by atoms with van der Waals surface area (Å²) in [6.45, 7) is 20.0. The summed E-state index contributed by atoms with van der Waals surface area (Å²) in [7, 11) is 5.45. The van der Waals surface area contributed by atoms with Crippen LogP contribution in [0.1, 0.15) is 81.6 Å². The van der Waals surface area contributed by atoms with Gasteiger partial charge in [0, 0.05) is 31.7 Å². The molecule has 3 heterocycles. The second kappa shape index (κ2) is 16.9. The van der Waals surface area contributed by atoms with E-state index in [2.05, 4.69) is 36.3 Å². The van der Waals surface area contributed by atoms with E-state index < -0.39 is 65.7 Å². The number of carbonyl (C=O) groups excluding carboxylic acids is 3. The monoisotopic (exact) mass is 684 g/mol. The van der Waals surface area contributed by atoms with Crippen LogP contribution in [-0.2, 0) is 33.3 Å². The van der Waals surface area contributed by atoms with E-state index in [0.717, 1.165) is 13.1 Å². The van der Waals surface area contributed by atoms with Gasteiger partial charge in [-0.25, -0.2) is 4.79 Å². The second-order valence-electron chi connectivity index (χ2n) is 14.9. The van der Waals surface area contributed by atoms with Gasteiger partial charge in [-0.05, 0) is 86.6 Å². The Labute approximate surface area is 288 Å². The number of amides is 1. The number of cyclic esters (lactones) is 1.